The number of nitrogens with zero attached hydrogens (tertiary/aromatic N) is 3. The second kappa shape index (κ2) is 10.8. The Balaban J connectivity index is 1.69. The number of benzene rings is 1. The van der Waals surface area contributed by atoms with Gasteiger partial charge in [-0.1, -0.05) is 47.9 Å². The van der Waals surface area contributed by atoms with E-state index in [-0.39, 0.29) is 35.5 Å². The van der Waals surface area contributed by atoms with E-state index in [1.54, 1.807) is 0 Å². The number of aromatic nitrogens is 3. The smallest absolute Gasteiger partial charge is 0.396 e. The molecule has 6 nitrogen and oxygen atoms in total. The van der Waals surface area contributed by atoms with E-state index in [2.05, 4.69) is 37.4 Å². The molecule has 2 heterocycles. The van der Waals surface area contributed by atoms with Gasteiger partial charge in [-0.15, -0.1) is 11.3 Å². The van der Waals surface area contributed by atoms with Gasteiger partial charge in [-0.05, 0) is 38.0 Å². The molecule has 1 saturated carbocycles. The predicted octanol–water partition coefficient (Wildman–Crippen LogP) is 5.51. The quantitative estimate of drug-likeness (QED) is 0.293. The van der Waals surface area contributed by atoms with Gasteiger partial charge in [0.25, 0.3) is 0 Å². The standard InChI is InChI=1S/C24H23ClF3N5OS/c1-14-30-20(16-5-3-2-4-6-16)19(35-14)10-9-18-21(25)32-23(29-13-24(26,27)28)33-22(18)31-17-8-7-15(11-17)12-34/h2-6,15,17,34H,7-8,11-13H2,1H3,(H2,29,31,32,33). The minimum atomic E-state index is -4.43. The van der Waals surface area contributed by atoms with E-state index < -0.39 is 12.7 Å². The fourth-order valence-corrected chi connectivity index (χ4v) is 4.91. The maximum atomic E-state index is 12.7. The molecule has 184 valence electrons. The molecule has 1 aliphatic carbocycles. The Morgan fingerprint density at radius 2 is 1.91 bits per heavy atom. The summed E-state index contributed by atoms with van der Waals surface area (Å²) in [6.45, 7) is 0.690. The van der Waals surface area contributed by atoms with Crippen molar-refractivity contribution >= 4 is 34.7 Å². The number of aryl methyl sites for hydroxylation is 1. The van der Waals surface area contributed by atoms with E-state index in [1.807, 2.05) is 37.3 Å². The second-order valence-electron chi connectivity index (χ2n) is 8.26. The fourth-order valence-electron chi connectivity index (χ4n) is 3.89. The van der Waals surface area contributed by atoms with Gasteiger partial charge in [-0.25, -0.2) is 4.98 Å². The Morgan fingerprint density at radius 1 is 1.14 bits per heavy atom. The van der Waals surface area contributed by atoms with Crippen molar-refractivity contribution in [1.82, 2.24) is 15.0 Å². The summed E-state index contributed by atoms with van der Waals surface area (Å²) in [5.74, 6) is 6.31. The summed E-state index contributed by atoms with van der Waals surface area (Å²) in [4.78, 5) is 13.6. The van der Waals surface area contributed by atoms with Crippen LogP contribution in [0.1, 0.15) is 34.7 Å². The first-order chi connectivity index (χ1) is 16.7. The molecule has 2 unspecified atom stereocenters. The van der Waals surface area contributed by atoms with Gasteiger partial charge in [-0.2, -0.15) is 23.1 Å². The Kier molecular flexibility index (Phi) is 7.79. The number of nitrogens with one attached hydrogen (secondary N) is 2. The minimum Gasteiger partial charge on any atom is -0.396 e. The molecule has 1 aliphatic rings. The fraction of sp³-hybridized carbons (Fsp3) is 0.375. The van der Waals surface area contributed by atoms with Gasteiger partial charge in [0.1, 0.15) is 22.8 Å². The molecular formula is C24H23ClF3N5OS. The summed E-state index contributed by atoms with van der Waals surface area (Å²) < 4.78 is 38.1. The zero-order valence-corrected chi connectivity index (χ0v) is 20.4. The van der Waals surface area contributed by atoms with Crippen molar-refractivity contribution in [2.24, 2.45) is 5.92 Å². The lowest BCUT2D eigenvalue weighted by molar-refractivity contribution is -0.115. The van der Waals surface area contributed by atoms with Gasteiger partial charge in [0.2, 0.25) is 5.95 Å². The van der Waals surface area contributed by atoms with Crippen LogP contribution in [0.25, 0.3) is 11.3 Å². The molecule has 1 aromatic carbocycles. The SMILES string of the molecule is Cc1nc(-c2ccccc2)c(C#Cc2c(Cl)nc(NCC(F)(F)F)nc2NC2CCC(CO)C2)s1. The van der Waals surface area contributed by atoms with Crippen LogP contribution in [-0.4, -0.2) is 45.4 Å². The lowest BCUT2D eigenvalue weighted by Crippen LogP contribution is -2.23. The molecule has 4 rings (SSSR count). The Bertz CT molecular complexity index is 1240. The molecule has 0 radical (unpaired) electrons. The molecule has 0 spiro atoms. The highest BCUT2D eigenvalue weighted by molar-refractivity contribution is 7.12. The molecule has 0 amide bonds. The van der Waals surface area contributed by atoms with Gasteiger partial charge < -0.3 is 15.7 Å². The topological polar surface area (TPSA) is 83.0 Å². The monoisotopic (exact) mass is 521 g/mol. The molecule has 0 saturated heterocycles. The van der Waals surface area contributed by atoms with Crippen LogP contribution in [0.5, 0.6) is 0 Å². The van der Waals surface area contributed by atoms with Crippen molar-refractivity contribution in [1.29, 1.82) is 0 Å². The van der Waals surface area contributed by atoms with Crippen molar-refractivity contribution in [3.63, 3.8) is 0 Å². The lowest BCUT2D eigenvalue weighted by atomic mass is 10.1. The second-order valence-corrected chi connectivity index (χ2v) is 9.82. The average Bonchev–Trinajstić information content (AvgIpc) is 3.43. The van der Waals surface area contributed by atoms with Gasteiger partial charge in [-0.3, -0.25) is 0 Å². The first-order valence-corrected chi connectivity index (χ1v) is 12.2. The van der Waals surface area contributed by atoms with Crippen LogP contribution in [-0.2, 0) is 0 Å². The van der Waals surface area contributed by atoms with Crippen LogP contribution in [0.2, 0.25) is 5.15 Å². The normalized spacial score (nSPS) is 17.7. The third kappa shape index (κ3) is 6.63. The molecule has 35 heavy (non-hydrogen) atoms. The number of thiazole rings is 1. The van der Waals surface area contributed by atoms with Crippen LogP contribution in [0.15, 0.2) is 30.3 Å². The van der Waals surface area contributed by atoms with E-state index in [0.29, 0.717) is 12.0 Å². The molecule has 2 aromatic heterocycles. The summed E-state index contributed by atoms with van der Waals surface area (Å²) >= 11 is 7.82. The van der Waals surface area contributed by atoms with Crippen LogP contribution >= 0.6 is 22.9 Å². The summed E-state index contributed by atoms with van der Waals surface area (Å²) in [5.41, 5.74) is 1.97. The summed E-state index contributed by atoms with van der Waals surface area (Å²) in [6, 6.07) is 9.63. The molecule has 0 bridgehead atoms. The number of anilines is 2. The van der Waals surface area contributed by atoms with Crippen LogP contribution in [0.3, 0.4) is 0 Å². The van der Waals surface area contributed by atoms with Gasteiger partial charge >= 0.3 is 6.18 Å². The van der Waals surface area contributed by atoms with E-state index in [1.165, 1.54) is 11.3 Å². The first-order valence-electron chi connectivity index (χ1n) is 11.0. The van der Waals surface area contributed by atoms with Crippen molar-refractivity contribution in [2.45, 2.75) is 38.4 Å². The van der Waals surface area contributed by atoms with Crippen LogP contribution in [0.4, 0.5) is 24.9 Å². The van der Waals surface area contributed by atoms with Gasteiger partial charge in [0.05, 0.1) is 10.7 Å². The zero-order chi connectivity index (χ0) is 25.0. The molecule has 2 atom stereocenters. The molecule has 3 N–H and O–H groups in total. The van der Waals surface area contributed by atoms with E-state index in [4.69, 9.17) is 11.6 Å². The maximum absolute atomic E-state index is 12.7. The van der Waals surface area contributed by atoms with E-state index in [9.17, 15) is 18.3 Å². The largest absolute Gasteiger partial charge is 0.405 e. The molecular weight excluding hydrogens is 499 g/mol. The summed E-state index contributed by atoms with van der Waals surface area (Å²) in [6.07, 6.45) is -2.09. The number of aliphatic hydroxyl groups excluding tert-OH is 1. The molecule has 0 aliphatic heterocycles. The maximum Gasteiger partial charge on any atom is 0.405 e. The van der Waals surface area contributed by atoms with Crippen LogP contribution < -0.4 is 10.6 Å². The van der Waals surface area contributed by atoms with E-state index >= 15 is 0 Å². The number of halogens is 4. The summed E-state index contributed by atoms with van der Waals surface area (Å²) in [5, 5.41) is 15.7. The number of rotatable bonds is 6. The average molecular weight is 522 g/mol. The van der Waals surface area contributed by atoms with Crippen molar-refractivity contribution < 1.29 is 18.3 Å². The zero-order valence-electron chi connectivity index (χ0n) is 18.8. The van der Waals surface area contributed by atoms with E-state index in [0.717, 1.165) is 34.0 Å². The molecule has 3 aromatic rings. The van der Waals surface area contributed by atoms with Gasteiger partial charge in [0.15, 0.2) is 5.15 Å². The molecule has 11 heteroatoms. The number of aliphatic hydroxyl groups is 1. The third-order valence-corrected chi connectivity index (χ3v) is 6.69. The predicted molar refractivity (Wildman–Crippen MR) is 132 cm³/mol. The minimum absolute atomic E-state index is 0.0142. The van der Waals surface area contributed by atoms with Crippen molar-refractivity contribution in [3.8, 4) is 23.1 Å². The van der Waals surface area contributed by atoms with Crippen molar-refractivity contribution in [3.05, 3.63) is 50.9 Å². The lowest BCUT2D eigenvalue weighted by Gasteiger charge is -2.17. The first kappa shape index (κ1) is 25.2. The number of hydrogen-bond acceptors (Lipinski definition) is 7. The number of alkyl halides is 3. The Hall–Kier alpha value is -2.87. The highest BCUT2D eigenvalue weighted by atomic mass is 35.5. The van der Waals surface area contributed by atoms with Crippen molar-refractivity contribution in [2.75, 3.05) is 23.8 Å². The number of hydrogen-bond donors (Lipinski definition) is 3. The highest BCUT2D eigenvalue weighted by Gasteiger charge is 2.28. The van der Waals surface area contributed by atoms with Crippen LogP contribution in [0, 0.1) is 24.7 Å². The Labute approximate surface area is 210 Å². The Morgan fingerprint density at radius 3 is 2.60 bits per heavy atom. The van der Waals surface area contributed by atoms with Gasteiger partial charge in [0, 0.05) is 18.2 Å². The molecule has 1 fully saturated rings. The summed E-state index contributed by atoms with van der Waals surface area (Å²) in [7, 11) is 0. The highest BCUT2D eigenvalue weighted by Crippen LogP contribution is 2.31. The third-order valence-electron chi connectivity index (χ3n) is 5.53.